The number of nitrogen functional groups attached to an aromatic ring is 1. The van der Waals surface area contributed by atoms with Gasteiger partial charge < -0.3 is 5.73 Å². The van der Waals surface area contributed by atoms with Crippen molar-refractivity contribution in [1.29, 1.82) is 0 Å². The zero-order chi connectivity index (χ0) is 10.8. The van der Waals surface area contributed by atoms with Gasteiger partial charge in [-0.05, 0) is 34.5 Å². The molecule has 15 heavy (non-hydrogen) atoms. The van der Waals surface area contributed by atoms with E-state index in [-0.39, 0.29) is 0 Å². The van der Waals surface area contributed by atoms with Crippen molar-refractivity contribution in [2.24, 2.45) is 0 Å². The molecule has 0 saturated carbocycles. The van der Waals surface area contributed by atoms with Crippen LogP contribution in [0.25, 0.3) is 11.1 Å². The summed E-state index contributed by atoms with van der Waals surface area (Å²) in [6, 6.07) is 10.2. The summed E-state index contributed by atoms with van der Waals surface area (Å²) in [6.45, 7) is 2.07. The number of rotatable bonds is 1. The average molecular weight is 263 g/mol. The molecule has 0 unspecified atom stereocenters. The molecule has 0 bridgehead atoms. The van der Waals surface area contributed by atoms with Gasteiger partial charge in [0, 0.05) is 16.2 Å². The van der Waals surface area contributed by atoms with Gasteiger partial charge in [0.1, 0.15) is 5.82 Å². The summed E-state index contributed by atoms with van der Waals surface area (Å²) in [6.07, 6.45) is 1.73. The molecule has 1 aromatic heterocycles. The minimum atomic E-state index is 0.536. The van der Waals surface area contributed by atoms with E-state index in [1.54, 1.807) is 6.20 Å². The fraction of sp³-hybridized carbons (Fsp3) is 0.0833. The highest BCUT2D eigenvalue weighted by Gasteiger charge is 2.03. The Balaban J connectivity index is 2.53. The van der Waals surface area contributed by atoms with E-state index in [0.717, 1.165) is 15.6 Å². The number of anilines is 1. The van der Waals surface area contributed by atoms with Crippen LogP contribution in [0.3, 0.4) is 0 Å². The Morgan fingerprint density at radius 2 is 1.87 bits per heavy atom. The summed E-state index contributed by atoms with van der Waals surface area (Å²) in [5.41, 5.74) is 9.12. The first-order valence-corrected chi connectivity index (χ1v) is 5.44. The lowest BCUT2D eigenvalue weighted by Gasteiger charge is -2.05. The molecule has 2 N–H and O–H groups in total. The smallest absolute Gasteiger partial charge is 0.123 e. The molecule has 2 aromatic rings. The Bertz CT molecular complexity index is 477. The van der Waals surface area contributed by atoms with Crippen LogP contribution in [0.4, 0.5) is 5.82 Å². The number of nitrogens with two attached hydrogens (primary N) is 1. The maximum Gasteiger partial charge on any atom is 0.123 e. The summed E-state index contributed by atoms with van der Waals surface area (Å²) in [5, 5.41) is 0. The van der Waals surface area contributed by atoms with Gasteiger partial charge in [-0.15, -0.1) is 0 Å². The van der Waals surface area contributed by atoms with E-state index < -0.39 is 0 Å². The van der Waals surface area contributed by atoms with Gasteiger partial charge in [0.05, 0.1) is 0 Å². The van der Waals surface area contributed by atoms with Gasteiger partial charge in [-0.3, -0.25) is 0 Å². The third-order valence-electron chi connectivity index (χ3n) is 2.24. The molecule has 0 spiro atoms. The fourth-order valence-corrected chi connectivity index (χ4v) is 1.85. The molecular formula is C12H11BrN2. The summed E-state index contributed by atoms with van der Waals surface area (Å²) < 4.78 is 0.959. The standard InChI is InChI=1S/C12H11BrN2/c1-8-2-4-9(5-3-8)10-6-12(14)15-7-11(10)13/h2-7H,1H3,(H2,14,15). The normalized spacial score (nSPS) is 10.3. The van der Waals surface area contributed by atoms with Gasteiger partial charge in [0.25, 0.3) is 0 Å². The fourth-order valence-electron chi connectivity index (χ4n) is 1.41. The van der Waals surface area contributed by atoms with E-state index in [1.807, 2.05) is 6.07 Å². The highest BCUT2D eigenvalue weighted by molar-refractivity contribution is 9.10. The van der Waals surface area contributed by atoms with Crippen molar-refractivity contribution in [3.63, 3.8) is 0 Å². The van der Waals surface area contributed by atoms with Crippen LogP contribution in [0.15, 0.2) is 41.0 Å². The first-order chi connectivity index (χ1) is 7.16. The summed E-state index contributed by atoms with van der Waals surface area (Å²) in [5.74, 6) is 0.536. The molecule has 1 aromatic carbocycles. The molecule has 0 aliphatic rings. The maximum absolute atomic E-state index is 5.66. The number of aromatic nitrogens is 1. The highest BCUT2D eigenvalue weighted by atomic mass is 79.9. The molecular weight excluding hydrogens is 252 g/mol. The van der Waals surface area contributed by atoms with Crippen LogP contribution in [-0.4, -0.2) is 4.98 Å². The Kier molecular flexibility index (Phi) is 2.73. The Labute approximate surface area is 97.3 Å². The van der Waals surface area contributed by atoms with Gasteiger partial charge in [-0.25, -0.2) is 4.98 Å². The summed E-state index contributed by atoms with van der Waals surface area (Å²) >= 11 is 3.47. The van der Waals surface area contributed by atoms with E-state index in [9.17, 15) is 0 Å². The maximum atomic E-state index is 5.66. The molecule has 0 aliphatic carbocycles. The highest BCUT2D eigenvalue weighted by Crippen LogP contribution is 2.28. The SMILES string of the molecule is Cc1ccc(-c2cc(N)ncc2Br)cc1. The van der Waals surface area contributed by atoms with Crippen LogP contribution in [0, 0.1) is 6.92 Å². The van der Waals surface area contributed by atoms with Crippen molar-refractivity contribution >= 4 is 21.7 Å². The lowest BCUT2D eigenvalue weighted by molar-refractivity contribution is 1.32. The number of halogens is 1. The first kappa shape index (κ1) is 10.2. The lowest BCUT2D eigenvalue weighted by Crippen LogP contribution is -1.91. The van der Waals surface area contributed by atoms with E-state index in [4.69, 9.17) is 5.73 Å². The second-order valence-electron chi connectivity index (χ2n) is 3.46. The van der Waals surface area contributed by atoms with Crippen molar-refractivity contribution in [3.8, 4) is 11.1 Å². The third kappa shape index (κ3) is 2.18. The molecule has 0 atom stereocenters. The number of benzene rings is 1. The van der Waals surface area contributed by atoms with Gasteiger partial charge in [0.2, 0.25) is 0 Å². The second kappa shape index (κ2) is 4.03. The first-order valence-electron chi connectivity index (χ1n) is 4.65. The van der Waals surface area contributed by atoms with E-state index in [0.29, 0.717) is 5.82 Å². The van der Waals surface area contributed by atoms with Gasteiger partial charge in [-0.1, -0.05) is 29.8 Å². The molecule has 0 aliphatic heterocycles. The van der Waals surface area contributed by atoms with Crippen LogP contribution in [-0.2, 0) is 0 Å². The molecule has 2 nitrogen and oxygen atoms in total. The number of hydrogen-bond donors (Lipinski definition) is 1. The molecule has 2 rings (SSSR count). The minimum Gasteiger partial charge on any atom is -0.384 e. The van der Waals surface area contributed by atoms with Crippen molar-refractivity contribution in [2.45, 2.75) is 6.92 Å². The average Bonchev–Trinajstić information content (AvgIpc) is 2.23. The zero-order valence-electron chi connectivity index (χ0n) is 8.37. The van der Waals surface area contributed by atoms with Crippen molar-refractivity contribution < 1.29 is 0 Å². The van der Waals surface area contributed by atoms with Crippen LogP contribution in [0.1, 0.15) is 5.56 Å². The van der Waals surface area contributed by atoms with Crippen molar-refractivity contribution in [2.75, 3.05) is 5.73 Å². The minimum absolute atomic E-state index is 0.536. The second-order valence-corrected chi connectivity index (χ2v) is 4.31. The third-order valence-corrected chi connectivity index (χ3v) is 2.87. The van der Waals surface area contributed by atoms with Crippen LogP contribution in [0.2, 0.25) is 0 Å². The van der Waals surface area contributed by atoms with Crippen molar-refractivity contribution in [1.82, 2.24) is 4.98 Å². The van der Waals surface area contributed by atoms with Gasteiger partial charge in [-0.2, -0.15) is 0 Å². The predicted octanol–water partition coefficient (Wildman–Crippen LogP) is 3.40. The molecule has 76 valence electrons. The largest absolute Gasteiger partial charge is 0.384 e. The summed E-state index contributed by atoms with van der Waals surface area (Å²) in [4.78, 5) is 4.01. The molecule has 0 saturated heterocycles. The number of aryl methyl sites for hydroxylation is 1. The number of pyridine rings is 1. The molecule has 0 radical (unpaired) electrons. The van der Waals surface area contributed by atoms with Crippen molar-refractivity contribution in [3.05, 3.63) is 46.6 Å². The van der Waals surface area contributed by atoms with Gasteiger partial charge >= 0.3 is 0 Å². The van der Waals surface area contributed by atoms with Crippen LogP contribution in [0.5, 0.6) is 0 Å². The predicted molar refractivity (Wildman–Crippen MR) is 66.5 cm³/mol. The quantitative estimate of drug-likeness (QED) is 0.856. The van der Waals surface area contributed by atoms with Crippen LogP contribution >= 0.6 is 15.9 Å². The van der Waals surface area contributed by atoms with E-state index in [2.05, 4.69) is 52.1 Å². The molecule has 0 amide bonds. The molecule has 3 heteroatoms. The Morgan fingerprint density at radius 3 is 2.53 bits per heavy atom. The Hall–Kier alpha value is -1.35. The number of nitrogens with zero attached hydrogens (tertiary/aromatic N) is 1. The van der Waals surface area contributed by atoms with Gasteiger partial charge in [0.15, 0.2) is 0 Å². The zero-order valence-corrected chi connectivity index (χ0v) is 9.95. The lowest BCUT2D eigenvalue weighted by atomic mass is 10.1. The monoisotopic (exact) mass is 262 g/mol. The molecule has 0 fully saturated rings. The van der Waals surface area contributed by atoms with E-state index in [1.165, 1.54) is 5.56 Å². The number of hydrogen-bond acceptors (Lipinski definition) is 2. The Morgan fingerprint density at radius 1 is 1.20 bits per heavy atom. The van der Waals surface area contributed by atoms with E-state index >= 15 is 0 Å². The topological polar surface area (TPSA) is 38.9 Å². The summed E-state index contributed by atoms with van der Waals surface area (Å²) in [7, 11) is 0. The van der Waals surface area contributed by atoms with Crippen LogP contribution < -0.4 is 5.73 Å². The molecule has 1 heterocycles.